The summed E-state index contributed by atoms with van der Waals surface area (Å²) in [6.45, 7) is 3.09. The molecule has 2 saturated carbocycles. The van der Waals surface area contributed by atoms with Gasteiger partial charge in [-0.05, 0) is 37.1 Å². The highest BCUT2D eigenvalue weighted by atomic mass is 16.5. The topological polar surface area (TPSA) is 21.3 Å². The van der Waals surface area contributed by atoms with Gasteiger partial charge in [-0.1, -0.05) is 57.8 Å². The van der Waals surface area contributed by atoms with Crippen LogP contribution in [0, 0.1) is 11.3 Å². The first-order valence-corrected chi connectivity index (χ1v) is 9.07. The summed E-state index contributed by atoms with van der Waals surface area (Å²) in [7, 11) is 1.78. The summed E-state index contributed by atoms with van der Waals surface area (Å²) in [4.78, 5) is 0. The standard InChI is InChI=1S/C18H35NO/c1-20-14-13-19-16-17-15-18(17)11-9-7-5-3-2-4-6-8-10-12-18/h17,19H,2-16H2,1H3. The molecule has 2 aliphatic rings. The molecular formula is C18H35NO. The van der Waals surface area contributed by atoms with Crippen LogP contribution in [0.4, 0.5) is 0 Å². The number of methoxy groups -OCH3 is 1. The van der Waals surface area contributed by atoms with Crippen LogP contribution in [-0.4, -0.2) is 26.8 Å². The Morgan fingerprint density at radius 2 is 1.45 bits per heavy atom. The first-order chi connectivity index (χ1) is 9.87. The Balaban J connectivity index is 1.69. The van der Waals surface area contributed by atoms with Gasteiger partial charge >= 0.3 is 0 Å². The third-order valence-corrected chi connectivity index (χ3v) is 5.58. The number of hydrogen-bond acceptors (Lipinski definition) is 2. The third-order valence-electron chi connectivity index (χ3n) is 5.58. The highest BCUT2D eigenvalue weighted by Gasteiger charge is 2.51. The van der Waals surface area contributed by atoms with Crippen LogP contribution >= 0.6 is 0 Å². The lowest BCUT2D eigenvalue weighted by Gasteiger charge is -2.19. The molecule has 0 heterocycles. The maximum absolute atomic E-state index is 5.11. The van der Waals surface area contributed by atoms with E-state index in [1.54, 1.807) is 7.11 Å². The quantitative estimate of drug-likeness (QED) is 0.747. The van der Waals surface area contributed by atoms with Crippen LogP contribution < -0.4 is 5.32 Å². The minimum absolute atomic E-state index is 0.735. The van der Waals surface area contributed by atoms with Gasteiger partial charge in [0.2, 0.25) is 0 Å². The van der Waals surface area contributed by atoms with Crippen molar-refractivity contribution in [2.45, 2.75) is 77.0 Å². The van der Waals surface area contributed by atoms with Gasteiger partial charge in [-0.3, -0.25) is 0 Å². The van der Waals surface area contributed by atoms with Crippen molar-refractivity contribution in [3.05, 3.63) is 0 Å². The van der Waals surface area contributed by atoms with Crippen LogP contribution in [0.15, 0.2) is 0 Å². The van der Waals surface area contributed by atoms with Crippen LogP contribution in [0.25, 0.3) is 0 Å². The van der Waals surface area contributed by atoms with Crippen molar-refractivity contribution in [2.24, 2.45) is 11.3 Å². The molecule has 1 N–H and O–H groups in total. The zero-order valence-electron chi connectivity index (χ0n) is 13.6. The summed E-state index contributed by atoms with van der Waals surface area (Å²) in [6.07, 6.45) is 17.8. The van der Waals surface area contributed by atoms with Crippen molar-refractivity contribution in [3.63, 3.8) is 0 Å². The largest absolute Gasteiger partial charge is 0.383 e. The third kappa shape index (κ3) is 5.37. The van der Waals surface area contributed by atoms with E-state index < -0.39 is 0 Å². The lowest BCUT2D eigenvalue weighted by atomic mass is 9.88. The van der Waals surface area contributed by atoms with Gasteiger partial charge < -0.3 is 10.1 Å². The normalized spacial score (nSPS) is 27.8. The molecular weight excluding hydrogens is 246 g/mol. The Kier molecular flexibility index (Phi) is 7.37. The minimum Gasteiger partial charge on any atom is -0.383 e. The lowest BCUT2D eigenvalue weighted by Crippen LogP contribution is -2.23. The van der Waals surface area contributed by atoms with E-state index in [9.17, 15) is 0 Å². The Morgan fingerprint density at radius 3 is 2.00 bits per heavy atom. The van der Waals surface area contributed by atoms with Crippen molar-refractivity contribution in [1.82, 2.24) is 5.32 Å². The molecule has 0 aliphatic heterocycles. The van der Waals surface area contributed by atoms with E-state index in [1.165, 1.54) is 83.6 Å². The highest BCUT2D eigenvalue weighted by molar-refractivity contribution is 5.02. The number of rotatable bonds is 5. The van der Waals surface area contributed by atoms with Gasteiger partial charge in [0.05, 0.1) is 6.61 Å². The molecule has 1 atom stereocenters. The van der Waals surface area contributed by atoms with Crippen LogP contribution in [0.3, 0.4) is 0 Å². The molecule has 0 bridgehead atoms. The maximum atomic E-state index is 5.11. The zero-order valence-corrected chi connectivity index (χ0v) is 13.6. The van der Waals surface area contributed by atoms with Crippen molar-refractivity contribution in [2.75, 3.05) is 26.8 Å². The van der Waals surface area contributed by atoms with E-state index >= 15 is 0 Å². The first kappa shape index (κ1) is 16.3. The first-order valence-electron chi connectivity index (χ1n) is 9.07. The molecule has 20 heavy (non-hydrogen) atoms. The summed E-state index contributed by atoms with van der Waals surface area (Å²) >= 11 is 0. The fraction of sp³-hybridized carbons (Fsp3) is 1.00. The molecule has 0 radical (unpaired) electrons. The molecule has 0 aromatic heterocycles. The summed E-state index contributed by atoms with van der Waals surface area (Å²) in [5.41, 5.74) is 0.735. The molecule has 0 saturated heterocycles. The number of hydrogen-bond donors (Lipinski definition) is 1. The second-order valence-electron chi connectivity index (χ2n) is 7.14. The molecule has 0 aromatic carbocycles. The van der Waals surface area contributed by atoms with E-state index in [1.807, 2.05) is 0 Å². The summed E-state index contributed by atoms with van der Waals surface area (Å²) in [5.74, 6) is 0.960. The average Bonchev–Trinajstić information content (AvgIpc) is 3.13. The summed E-state index contributed by atoms with van der Waals surface area (Å²) in [6, 6.07) is 0. The second-order valence-corrected chi connectivity index (χ2v) is 7.14. The zero-order chi connectivity index (χ0) is 14.1. The molecule has 2 heteroatoms. The van der Waals surface area contributed by atoms with Gasteiger partial charge in [0.25, 0.3) is 0 Å². The Morgan fingerprint density at radius 1 is 0.900 bits per heavy atom. The summed E-state index contributed by atoms with van der Waals surface area (Å²) in [5, 5.41) is 3.58. The molecule has 2 nitrogen and oxygen atoms in total. The van der Waals surface area contributed by atoms with Crippen LogP contribution in [-0.2, 0) is 4.74 Å². The monoisotopic (exact) mass is 281 g/mol. The van der Waals surface area contributed by atoms with Gasteiger partial charge in [0.15, 0.2) is 0 Å². The van der Waals surface area contributed by atoms with Crippen LogP contribution in [0.5, 0.6) is 0 Å². The highest BCUT2D eigenvalue weighted by Crippen LogP contribution is 2.59. The predicted octanol–water partition coefficient (Wildman–Crippen LogP) is 4.53. The average molecular weight is 281 g/mol. The molecule has 2 aliphatic carbocycles. The van der Waals surface area contributed by atoms with Gasteiger partial charge in [-0.15, -0.1) is 0 Å². The Bertz CT molecular complexity index is 242. The SMILES string of the molecule is COCCNCC1CC12CCCCCCCCCCC2. The van der Waals surface area contributed by atoms with Crippen LogP contribution in [0.1, 0.15) is 77.0 Å². The van der Waals surface area contributed by atoms with E-state index in [0.29, 0.717) is 0 Å². The van der Waals surface area contributed by atoms with E-state index in [4.69, 9.17) is 4.74 Å². The number of nitrogens with one attached hydrogen (secondary N) is 1. The van der Waals surface area contributed by atoms with E-state index in [0.717, 1.165) is 24.5 Å². The Labute approximate surface area is 126 Å². The van der Waals surface area contributed by atoms with Gasteiger partial charge in [0, 0.05) is 13.7 Å². The second kappa shape index (κ2) is 9.04. The molecule has 2 fully saturated rings. The smallest absolute Gasteiger partial charge is 0.0587 e. The van der Waals surface area contributed by atoms with Crippen molar-refractivity contribution >= 4 is 0 Å². The number of ether oxygens (including phenoxy) is 1. The molecule has 0 amide bonds. The molecule has 2 rings (SSSR count). The fourth-order valence-electron chi connectivity index (χ4n) is 4.10. The fourth-order valence-corrected chi connectivity index (χ4v) is 4.10. The van der Waals surface area contributed by atoms with Crippen molar-refractivity contribution < 1.29 is 4.74 Å². The molecule has 1 spiro atoms. The minimum atomic E-state index is 0.735. The van der Waals surface area contributed by atoms with E-state index in [2.05, 4.69) is 5.32 Å². The Hall–Kier alpha value is -0.0800. The maximum Gasteiger partial charge on any atom is 0.0587 e. The molecule has 1 unspecified atom stereocenters. The van der Waals surface area contributed by atoms with Gasteiger partial charge in [-0.25, -0.2) is 0 Å². The predicted molar refractivity (Wildman–Crippen MR) is 86.1 cm³/mol. The molecule has 118 valence electrons. The van der Waals surface area contributed by atoms with Crippen LogP contribution in [0.2, 0.25) is 0 Å². The summed E-state index contributed by atoms with van der Waals surface area (Å²) < 4.78 is 5.11. The van der Waals surface area contributed by atoms with Crippen molar-refractivity contribution in [3.8, 4) is 0 Å². The van der Waals surface area contributed by atoms with Crippen molar-refractivity contribution in [1.29, 1.82) is 0 Å². The lowest BCUT2D eigenvalue weighted by molar-refractivity contribution is 0.198. The van der Waals surface area contributed by atoms with Gasteiger partial charge in [-0.2, -0.15) is 0 Å². The van der Waals surface area contributed by atoms with E-state index in [-0.39, 0.29) is 0 Å². The molecule has 0 aromatic rings. The van der Waals surface area contributed by atoms with Gasteiger partial charge in [0.1, 0.15) is 0 Å².